The predicted octanol–water partition coefficient (Wildman–Crippen LogP) is 3.53. The number of nitrogens with zero attached hydrogens (tertiary/aromatic N) is 1. The van der Waals surface area contributed by atoms with Crippen molar-refractivity contribution in [3.8, 4) is 0 Å². The highest BCUT2D eigenvalue weighted by atomic mass is 35.5. The van der Waals surface area contributed by atoms with Gasteiger partial charge in [-0.25, -0.2) is 0 Å². The van der Waals surface area contributed by atoms with E-state index < -0.39 is 0 Å². The van der Waals surface area contributed by atoms with Gasteiger partial charge in [-0.15, -0.1) is 0 Å². The second-order valence-electron chi connectivity index (χ2n) is 4.31. The molecule has 1 N–H and O–H groups in total. The lowest BCUT2D eigenvalue weighted by atomic mass is 10.1. The highest BCUT2D eigenvalue weighted by Crippen LogP contribution is 2.22. The number of rotatable bonds is 4. The van der Waals surface area contributed by atoms with Crippen LogP contribution < -0.4 is 5.32 Å². The van der Waals surface area contributed by atoms with Crippen molar-refractivity contribution in [1.82, 2.24) is 9.88 Å². The Morgan fingerprint density at radius 1 is 1.29 bits per heavy atom. The van der Waals surface area contributed by atoms with E-state index in [0.29, 0.717) is 0 Å². The van der Waals surface area contributed by atoms with E-state index in [1.807, 2.05) is 25.2 Å². The van der Waals surface area contributed by atoms with Gasteiger partial charge in [0, 0.05) is 37.1 Å². The molecule has 1 heterocycles. The molecule has 17 heavy (non-hydrogen) atoms. The minimum atomic E-state index is 0.254. The molecule has 3 heteroatoms. The fourth-order valence-corrected chi connectivity index (χ4v) is 2.17. The van der Waals surface area contributed by atoms with E-state index in [9.17, 15) is 0 Å². The molecule has 90 valence electrons. The van der Waals surface area contributed by atoms with Crippen LogP contribution in [0.3, 0.4) is 0 Å². The zero-order valence-electron chi connectivity index (χ0n) is 10.2. The summed E-state index contributed by atoms with van der Waals surface area (Å²) >= 11 is 6.16. The van der Waals surface area contributed by atoms with E-state index in [2.05, 4.69) is 41.3 Å². The largest absolute Gasteiger partial charge is 0.357 e. The molecule has 2 nitrogen and oxygen atoms in total. The molecule has 0 saturated carbocycles. The Morgan fingerprint density at radius 2 is 2.06 bits per heavy atom. The lowest BCUT2D eigenvalue weighted by Crippen LogP contribution is -2.18. The summed E-state index contributed by atoms with van der Waals surface area (Å²) in [5.41, 5.74) is 2.43. The van der Waals surface area contributed by atoms with Crippen molar-refractivity contribution in [3.05, 3.63) is 58.9 Å². The minimum absolute atomic E-state index is 0.254. The molecule has 0 aliphatic rings. The third-order valence-electron chi connectivity index (χ3n) is 2.88. The number of hydrogen-bond acceptors (Lipinski definition) is 1. The average Bonchev–Trinajstić information content (AvgIpc) is 2.73. The lowest BCUT2D eigenvalue weighted by molar-refractivity contribution is 0.574. The van der Waals surface area contributed by atoms with E-state index >= 15 is 0 Å². The molecule has 0 fully saturated rings. The summed E-state index contributed by atoms with van der Waals surface area (Å²) in [6.07, 6.45) is 4.17. The lowest BCUT2D eigenvalue weighted by Gasteiger charge is -2.15. The summed E-state index contributed by atoms with van der Waals surface area (Å²) in [6.45, 7) is 2.98. The molecule has 0 radical (unpaired) electrons. The van der Waals surface area contributed by atoms with Crippen LogP contribution in [-0.2, 0) is 13.6 Å². The second kappa shape index (κ2) is 5.39. The second-order valence-corrected chi connectivity index (χ2v) is 4.72. The topological polar surface area (TPSA) is 17.0 Å². The van der Waals surface area contributed by atoms with Gasteiger partial charge in [0.1, 0.15) is 0 Å². The van der Waals surface area contributed by atoms with Crippen LogP contribution in [0.5, 0.6) is 0 Å². The SMILES string of the molecule is C[C@H](NCc1ccn(C)c1)c1ccccc1Cl. The fourth-order valence-electron chi connectivity index (χ4n) is 1.87. The van der Waals surface area contributed by atoms with E-state index in [-0.39, 0.29) is 6.04 Å². The standard InChI is InChI=1S/C14H17ClN2/c1-11(13-5-3-4-6-14(13)15)16-9-12-7-8-17(2)10-12/h3-8,10-11,16H,9H2,1-2H3/t11-/m0/s1. The Morgan fingerprint density at radius 3 is 2.71 bits per heavy atom. The van der Waals surface area contributed by atoms with Crippen molar-refractivity contribution in [1.29, 1.82) is 0 Å². The number of hydrogen-bond donors (Lipinski definition) is 1. The van der Waals surface area contributed by atoms with Gasteiger partial charge < -0.3 is 9.88 Å². The summed E-state index contributed by atoms with van der Waals surface area (Å²) in [5.74, 6) is 0. The Hall–Kier alpha value is -1.25. The maximum Gasteiger partial charge on any atom is 0.0453 e. The first-order valence-corrected chi connectivity index (χ1v) is 6.13. The third kappa shape index (κ3) is 3.11. The van der Waals surface area contributed by atoms with Crippen molar-refractivity contribution in [2.24, 2.45) is 7.05 Å². The van der Waals surface area contributed by atoms with Crippen LogP contribution in [0.4, 0.5) is 0 Å². The van der Waals surface area contributed by atoms with Crippen LogP contribution in [0.15, 0.2) is 42.7 Å². The molecule has 1 atom stereocenters. The number of benzene rings is 1. The van der Waals surface area contributed by atoms with Crippen molar-refractivity contribution < 1.29 is 0 Å². The quantitative estimate of drug-likeness (QED) is 0.876. The third-order valence-corrected chi connectivity index (χ3v) is 3.22. The summed E-state index contributed by atoms with van der Waals surface area (Å²) in [7, 11) is 2.03. The first-order chi connectivity index (χ1) is 8.16. The van der Waals surface area contributed by atoms with E-state index in [1.165, 1.54) is 5.56 Å². The van der Waals surface area contributed by atoms with Crippen LogP contribution >= 0.6 is 11.6 Å². The zero-order chi connectivity index (χ0) is 12.3. The number of nitrogens with one attached hydrogen (secondary N) is 1. The maximum atomic E-state index is 6.16. The monoisotopic (exact) mass is 248 g/mol. The molecule has 0 saturated heterocycles. The molecule has 0 unspecified atom stereocenters. The molecule has 0 amide bonds. The summed E-state index contributed by atoms with van der Waals surface area (Å²) < 4.78 is 2.05. The highest BCUT2D eigenvalue weighted by molar-refractivity contribution is 6.31. The van der Waals surface area contributed by atoms with Gasteiger partial charge in [-0.2, -0.15) is 0 Å². The van der Waals surface area contributed by atoms with Crippen LogP contribution in [-0.4, -0.2) is 4.57 Å². The molecule has 2 aromatic rings. The van der Waals surface area contributed by atoms with Crippen molar-refractivity contribution in [3.63, 3.8) is 0 Å². The Balaban J connectivity index is 1.98. The Kier molecular flexibility index (Phi) is 3.87. The molecule has 0 aliphatic heterocycles. The molecular formula is C14H17ClN2. The van der Waals surface area contributed by atoms with Gasteiger partial charge in [-0.1, -0.05) is 29.8 Å². The molecular weight excluding hydrogens is 232 g/mol. The first kappa shape index (κ1) is 12.2. The van der Waals surface area contributed by atoms with Gasteiger partial charge in [0.25, 0.3) is 0 Å². The van der Waals surface area contributed by atoms with Crippen LogP contribution in [0.2, 0.25) is 5.02 Å². The van der Waals surface area contributed by atoms with Crippen molar-refractivity contribution in [2.75, 3.05) is 0 Å². The van der Waals surface area contributed by atoms with E-state index in [4.69, 9.17) is 11.6 Å². The zero-order valence-corrected chi connectivity index (χ0v) is 10.9. The van der Waals surface area contributed by atoms with Gasteiger partial charge in [0.05, 0.1) is 0 Å². The fraction of sp³-hybridized carbons (Fsp3) is 0.286. The van der Waals surface area contributed by atoms with Gasteiger partial charge in [0.2, 0.25) is 0 Å². The summed E-state index contributed by atoms with van der Waals surface area (Å²) in [5, 5.41) is 4.29. The number of halogens is 1. The molecule has 2 rings (SSSR count). The highest BCUT2D eigenvalue weighted by Gasteiger charge is 2.08. The maximum absolute atomic E-state index is 6.16. The molecule has 1 aromatic carbocycles. The van der Waals surface area contributed by atoms with Crippen molar-refractivity contribution >= 4 is 11.6 Å². The van der Waals surface area contributed by atoms with E-state index in [1.54, 1.807) is 0 Å². The number of aryl methyl sites for hydroxylation is 1. The predicted molar refractivity (Wildman–Crippen MR) is 72.1 cm³/mol. The molecule has 0 aliphatic carbocycles. The van der Waals surface area contributed by atoms with Gasteiger partial charge >= 0.3 is 0 Å². The van der Waals surface area contributed by atoms with Crippen LogP contribution in [0.1, 0.15) is 24.1 Å². The minimum Gasteiger partial charge on any atom is -0.357 e. The van der Waals surface area contributed by atoms with E-state index in [0.717, 1.165) is 17.1 Å². The van der Waals surface area contributed by atoms with Crippen LogP contribution in [0.25, 0.3) is 0 Å². The average molecular weight is 249 g/mol. The smallest absolute Gasteiger partial charge is 0.0453 e. The Bertz CT molecular complexity index is 490. The van der Waals surface area contributed by atoms with Crippen molar-refractivity contribution in [2.45, 2.75) is 19.5 Å². The van der Waals surface area contributed by atoms with Gasteiger partial charge in [0.15, 0.2) is 0 Å². The molecule has 0 bridgehead atoms. The number of aromatic nitrogens is 1. The van der Waals surface area contributed by atoms with Crippen LogP contribution in [0, 0.1) is 0 Å². The Labute approximate surface area is 107 Å². The van der Waals surface area contributed by atoms with Gasteiger partial charge in [-0.3, -0.25) is 0 Å². The first-order valence-electron chi connectivity index (χ1n) is 5.75. The molecule has 0 spiro atoms. The van der Waals surface area contributed by atoms with Gasteiger partial charge in [-0.05, 0) is 30.2 Å². The summed E-state index contributed by atoms with van der Waals surface area (Å²) in [6, 6.07) is 10.3. The molecule has 1 aromatic heterocycles. The summed E-state index contributed by atoms with van der Waals surface area (Å²) in [4.78, 5) is 0. The normalized spacial score (nSPS) is 12.6.